The van der Waals surface area contributed by atoms with Crippen molar-refractivity contribution in [1.29, 1.82) is 0 Å². The van der Waals surface area contributed by atoms with E-state index in [4.69, 9.17) is 4.42 Å². The van der Waals surface area contributed by atoms with Crippen LogP contribution in [0.25, 0.3) is 0 Å². The molecule has 0 bridgehead atoms. The number of nitrogens with zero attached hydrogens (tertiary/aromatic N) is 1. The van der Waals surface area contributed by atoms with Crippen LogP contribution in [0.2, 0.25) is 0 Å². The molecule has 1 aliphatic rings. The summed E-state index contributed by atoms with van der Waals surface area (Å²) in [7, 11) is 0. The van der Waals surface area contributed by atoms with Crippen LogP contribution in [0.4, 0.5) is 0 Å². The fourth-order valence-electron chi connectivity index (χ4n) is 2.53. The molecule has 0 aliphatic carbocycles. The fourth-order valence-corrected chi connectivity index (χ4v) is 3.78. The third kappa shape index (κ3) is 4.54. The van der Waals surface area contributed by atoms with Crippen LogP contribution in [0, 0.1) is 6.92 Å². The summed E-state index contributed by atoms with van der Waals surface area (Å²) < 4.78 is 6.03. The molecule has 4 heteroatoms. The van der Waals surface area contributed by atoms with Crippen molar-refractivity contribution in [3.8, 4) is 0 Å². The van der Waals surface area contributed by atoms with Gasteiger partial charge in [0.1, 0.15) is 11.5 Å². The van der Waals surface area contributed by atoms with E-state index in [0.29, 0.717) is 6.04 Å². The van der Waals surface area contributed by atoms with E-state index >= 15 is 0 Å². The minimum absolute atomic E-state index is 0.493. The van der Waals surface area contributed by atoms with E-state index in [-0.39, 0.29) is 0 Å². The Morgan fingerprint density at radius 2 is 2.30 bits per heavy atom. The lowest BCUT2D eigenvalue weighted by molar-refractivity contribution is 0.247. The highest BCUT2D eigenvalue weighted by molar-refractivity contribution is 8.00. The lowest BCUT2D eigenvalue weighted by atomic mass is 10.2. The topological polar surface area (TPSA) is 28.4 Å². The van der Waals surface area contributed by atoms with Gasteiger partial charge >= 0.3 is 0 Å². The van der Waals surface area contributed by atoms with Gasteiger partial charge in [-0.1, -0.05) is 20.8 Å². The van der Waals surface area contributed by atoms with Gasteiger partial charge in [0.15, 0.2) is 0 Å². The Labute approximate surface area is 127 Å². The highest BCUT2D eigenvalue weighted by atomic mass is 32.2. The second kappa shape index (κ2) is 7.53. The average molecular weight is 296 g/mol. The first-order chi connectivity index (χ1) is 9.58. The first-order valence-corrected chi connectivity index (χ1v) is 8.79. The molecule has 1 aromatic rings. The monoisotopic (exact) mass is 296 g/mol. The molecule has 0 aromatic carbocycles. The smallest absolute Gasteiger partial charge is 0.120 e. The zero-order valence-electron chi connectivity index (χ0n) is 13.2. The van der Waals surface area contributed by atoms with E-state index in [1.54, 1.807) is 0 Å². The molecule has 2 rings (SSSR count). The van der Waals surface area contributed by atoms with Gasteiger partial charge in [0, 0.05) is 30.1 Å². The number of hydrogen-bond donors (Lipinski definition) is 1. The van der Waals surface area contributed by atoms with Crippen molar-refractivity contribution in [3.63, 3.8) is 0 Å². The molecule has 1 fully saturated rings. The van der Waals surface area contributed by atoms with E-state index in [2.05, 4.69) is 55.7 Å². The second-order valence-corrected chi connectivity index (χ2v) is 7.40. The zero-order chi connectivity index (χ0) is 14.5. The summed E-state index contributed by atoms with van der Waals surface area (Å²) in [5, 5.41) is 4.22. The van der Waals surface area contributed by atoms with Gasteiger partial charge in [-0.25, -0.2) is 0 Å². The lowest BCUT2D eigenvalue weighted by Crippen LogP contribution is -2.36. The summed E-state index contributed by atoms with van der Waals surface area (Å²) in [6.45, 7) is 12.9. The first kappa shape index (κ1) is 15.9. The maximum Gasteiger partial charge on any atom is 0.120 e. The fraction of sp³-hybridized carbons (Fsp3) is 0.750. The number of hydrogen-bond acceptors (Lipinski definition) is 4. The van der Waals surface area contributed by atoms with Crippen molar-refractivity contribution >= 4 is 11.8 Å². The van der Waals surface area contributed by atoms with Gasteiger partial charge < -0.3 is 9.73 Å². The van der Waals surface area contributed by atoms with Gasteiger partial charge in [0.05, 0.1) is 13.1 Å². The number of furan rings is 1. The molecule has 1 aliphatic heterocycles. The normalized spacial score (nSPS) is 20.8. The minimum Gasteiger partial charge on any atom is -0.463 e. The summed E-state index contributed by atoms with van der Waals surface area (Å²) in [5.41, 5.74) is 1.27. The van der Waals surface area contributed by atoms with E-state index < -0.39 is 0 Å². The quantitative estimate of drug-likeness (QED) is 0.871. The minimum atomic E-state index is 0.493. The molecule has 1 N–H and O–H groups in total. The number of nitrogens with one attached hydrogen (secondary N) is 1. The predicted octanol–water partition coefficient (Wildman–Crippen LogP) is 3.41. The van der Waals surface area contributed by atoms with Gasteiger partial charge in [-0.2, -0.15) is 11.8 Å². The van der Waals surface area contributed by atoms with E-state index in [1.807, 2.05) is 0 Å². The molecule has 2 heterocycles. The molecule has 114 valence electrons. The molecule has 0 saturated carbocycles. The van der Waals surface area contributed by atoms with Crippen LogP contribution in [0.3, 0.4) is 0 Å². The number of thioether (sulfide) groups is 1. The molecule has 1 saturated heterocycles. The van der Waals surface area contributed by atoms with Crippen molar-refractivity contribution in [2.75, 3.05) is 18.8 Å². The molecule has 0 radical (unpaired) electrons. The maximum absolute atomic E-state index is 6.03. The number of rotatable bonds is 6. The first-order valence-electron chi connectivity index (χ1n) is 7.74. The van der Waals surface area contributed by atoms with E-state index in [0.717, 1.165) is 29.9 Å². The molecular weight excluding hydrogens is 268 g/mol. The summed E-state index contributed by atoms with van der Waals surface area (Å²) in [6, 6.07) is 2.70. The SMILES string of the molecule is CCC1CN(Cc2cc(C)c(CNC(C)C)o2)CCS1. The van der Waals surface area contributed by atoms with Crippen molar-refractivity contribution in [2.24, 2.45) is 0 Å². The maximum atomic E-state index is 6.03. The molecule has 20 heavy (non-hydrogen) atoms. The van der Waals surface area contributed by atoms with Gasteiger partial charge in [0.2, 0.25) is 0 Å². The van der Waals surface area contributed by atoms with Crippen molar-refractivity contribution < 1.29 is 4.42 Å². The molecular formula is C16H28N2OS. The number of aryl methyl sites for hydroxylation is 1. The van der Waals surface area contributed by atoms with Crippen LogP contribution in [-0.4, -0.2) is 35.0 Å². The van der Waals surface area contributed by atoms with Crippen molar-refractivity contribution in [3.05, 3.63) is 23.2 Å². The molecule has 1 unspecified atom stereocenters. The standard InChI is InChI=1S/C16H28N2OS/c1-5-15-11-18(6-7-20-15)10-14-8-13(4)16(19-14)9-17-12(2)3/h8,12,15,17H,5-7,9-11H2,1-4H3. The van der Waals surface area contributed by atoms with Crippen LogP contribution in [0.15, 0.2) is 10.5 Å². The molecule has 0 amide bonds. The highest BCUT2D eigenvalue weighted by Gasteiger charge is 2.20. The largest absolute Gasteiger partial charge is 0.463 e. The molecule has 1 aromatic heterocycles. The van der Waals surface area contributed by atoms with Crippen molar-refractivity contribution in [1.82, 2.24) is 10.2 Å². The van der Waals surface area contributed by atoms with Crippen LogP contribution in [-0.2, 0) is 13.1 Å². The predicted molar refractivity (Wildman–Crippen MR) is 87.2 cm³/mol. The van der Waals surface area contributed by atoms with Gasteiger partial charge in [-0.3, -0.25) is 4.90 Å². The summed E-state index contributed by atoms with van der Waals surface area (Å²) >= 11 is 2.11. The average Bonchev–Trinajstić information content (AvgIpc) is 2.76. The van der Waals surface area contributed by atoms with Crippen LogP contribution in [0.5, 0.6) is 0 Å². The van der Waals surface area contributed by atoms with E-state index in [1.165, 1.54) is 30.8 Å². The van der Waals surface area contributed by atoms with Gasteiger partial charge in [0.25, 0.3) is 0 Å². The van der Waals surface area contributed by atoms with Crippen LogP contribution >= 0.6 is 11.8 Å². The highest BCUT2D eigenvalue weighted by Crippen LogP contribution is 2.23. The molecule has 3 nitrogen and oxygen atoms in total. The zero-order valence-corrected chi connectivity index (χ0v) is 14.1. The second-order valence-electron chi connectivity index (χ2n) is 5.99. The third-order valence-corrected chi connectivity index (χ3v) is 5.17. The summed E-state index contributed by atoms with van der Waals surface area (Å²) in [4.78, 5) is 2.53. The Kier molecular flexibility index (Phi) is 6.00. The Balaban J connectivity index is 1.91. The Morgan fingerprint density at radius 1 is 1.50 bits per heavy atom. The summed E-state index contributed by atoms with van der Waals surface area (Å²) in [6.07, 6.45) is 1.27. The summed E-state index contributed by atoms with van der Waals surface area (Å²) in [5.74, 6) is 3.46. The lowest BCUT2D eigenvalue weighted by Gasteiger charge is -2.31. The van der Waals surface area contributed by atoms with Gasteiger partial charge in [-0.15, -0.1) is 0 Å². The van der Waals surface area contributed by atoms with Crippen LogP contribution in [0.1, 0.15) is 44.3 Å². The van der Waals surface area contributed by atoms with Crippen LogP contribution < -0.4 is 5.32 Å². The van der Waals surface area contributed by atoms with Crippen molar-refractivity contribution in [2.45, 2.75) is 58.5 Å². The molecule has 1 atom stereocenters. The Bertz CT molecular complexity index is 417. The third-order valence-electron chi connectivity index (χ3n) is 3.80. The van der Waals surface area contributed by atoms with Gasteiger partial charge in [-0.05, 0) is 25.0 Å². The Morgan fingerprint density at radius 3 is 3.00 bits per heavy atom. The Hall–Kier alpha value is -0.450. The molecule has 0 spiro atoms. The van der Waals surface area contributed by atoms with E-state index in [9.17, 15) is 0 Å².